The molecule has 4 N–H and O–H groups in total. The van der Waals surface area contributed by atoms with Crippen molar-refractivity contribution in [3.63, 3.8) is 0 Å². The molecule has 0 aliphatic carbocycles. The van der Waals surface area contributed by atoms with Gasteiger partial charge in [0.2, 0.25) is 0 Å². The first-order chi connectivity index (χ1) is 4.95. The molecular formula is C3H10NaO7P. The van der Waals surface area contributed by atoms with E-state index >= 15 is 0 Å². The van der Waals surface area contributed by atoms with E-state index < -0.39 is 27.1 Å². The molecule has 70 valence electrons. The molecule has 7 nitrogen and oxygen atoms in total. The monoisotopic (exact) mass is 212 g/mol. The molecule has 9 heteroatoms. The van der Waals surface area contributed by atoms with Crippen molar-refractivity contribution in [2.75, 3.05) is 13.2 Å². The predicted octanol–water partition coefficient (Wildman–Crippen LogP) is -4.50. The Morgan fingerprint density at radius 2 is 2.00 bits per heavy atom. The van der Waals surface area contributed by atoms with Gasteiger partial charge in [0.05, 0.1) is 6.61 Å². The van der Waals surface area contributed by atoms with E-state index in [9.17, 15) is 4.57 Å². The van der Waals surface area contributed by atoms with Gasteiger partial charge in [0.25, 0.3) is 0 Å². The second kappa shape index (κ2) is 7.40. The van der Waals surface area contributed by atoms with E-state index in [1.54, 1.807) is 0 Å². The maximum absolute atomic E-state index is 9.90. The first kappa shape index (κ1) is 15.5. The second-order valence-electron chi connectivity index (χ2n) is 1.69. The van der Waals surface area contributed by atoms with Gasteiger partial charge in [0.1, 0.15) is 12.7 Å². The minimum absolute atomic E-state index is 0. The molecule has 0 aliphatic rings. The van der Waals surface area contributed by atoms with Gasteiger partial charge in [-0.1, -0.05) is 0 Å². The van der Waals surface area contributed by atoms with Gasteiger partial charge in [-0.3, -0.25) is 0 Å². The summed E-state index contributed by atoms with van der Waals surface area (Å²) in [5.74, 6) is 0. The summed E-state index contributed by atoms with van der Waals surface area (Å²) in [7, 11) is -4.65. The average Bonchev–Trinajstić information content (AvgIpc) is 1.85. The van der Waals surface area contributed by atoms with Crippen LogP contribution in [-0.4, -0.2) is 39.3 Å². The number of aliphatic hydroxyl groups is 2. The Morgan fingerprint density at radius 1 is 1.50 bits per heavy atom. The average molecular weight is 212 g/mol. The second-order valence-corrected chi connectivity index (χ2v) is 2.82. The van der Waals surface area contributed by atoms with Gasteiger partial charge in [0.15, 0.2) is 0 Å². The maximum atomic E-state index is 9.90. The molecule has 0 aromatic rings. The Labute approximate surface area is 92.3 Å². The fourth-order valence-corrected chi connectivity index (χ4v) is 0.429. The molecule has 0 rings (SSSR count). The largest absolute Gasteiger partial charge is 1.00 e. The molecule has 1 unspecified atom stereocenters. The summed E-state index contributed by atoms with van der Waals surface area (Å²) in [6.07, 6.45) is -1.21. The van der Waals surface area contributed by atoms with Gasteiger partial charge in [-0.2, -0.15) is 0 Å². The van der Waals surface area contributed by atoms with Gasteiger partial charge in [-0.25, -0.2) is 9.45 Å². The van der Waals surface area contributed by atoms with Crippen molar-refractivity contribution < 1.29 is 65.1 Å². The van der Waals surface area contributed by atoms with E-state index in [-0.39, 0.29) is 31.0 Å². The summed E-state index contributed by atoms with van der Waals surface area (Å²) < 4.78 is 13.4. The van der Waals surface area contributed by atoms with Crippen molar-refractivity contribution in [1.29, 1.82) is 0 Å². The number of aliphatic hydroxyl groups excluding tert-OH is 2. The van der Waals surface area contributed by atoms with Crippen molar-refractivity contribution in [1.82, 2.24) is 0 Å². The van der Waals surface area contributed by atoms with Crippen LogP contribution in [0.3, 0.4) is 0 Å². The molecule has 12 heavy (non-hydrogen) atoms. The molecule has 0 saturated carbocycles. The van der Waals surface area contributed by atoms with E-state index in [1.807, 2.05) is 0 Å². The zero-order chi connectivity index (χ0) is 8.91. The number of hydrogen-bond donors (Lipinski definition) is 4. The Balaban J connectivity index is -0.000000500. The molecule has 0 saturated heterocycles. The first-order valence-electron chi connectivity index (χ1n) is 2.61. The molecule has 0 fully saturated rings. The molecular weight excluding hydrogens is 202 g/mol. The van der Waals surface area contributed by atoms with Crippen molar-refractivity contribution in [3.8, 4) is 0 Å². The number of hydrogen-bond acceptors (Lipinski definition) is 5. The fourth-order valence-electron chi connectivity index (χ4n) is 0.230. The Bertz CT molecular complexity index is 151. The van der Waals surface area contributed by atoms with Gasteiger partial charge in [-0.05, 0) is 0 Å². The van der Waals surface area contributed by atoms with Crippen LogP contribution in [0.25, 0.3) is 0 Å². The summed E-state index contributed by atoms with van der Waals surface area (Å²) in [6, 6.07) is 0. The third-order valence-corrected chi connectivity index (χ3v) is 0.921. The zero-order valence-electron chi connectivity index (χ0n) is 7.45. The summed E-state index contributed by atoms with van der Waals surface area (Å²) >= 11 is 0. The Hall–Kier alpha value is 0.990. The number of rotatable bonds is 5. The van der Waals surface area contributed by atoms with Crippen molar-refractivity contribution in [2.45, 2.75) is 6.10 Å². The number of phosphoric acid groups is 1. The molecule has 0 aromatic carbocycles. The fraction of sp³-hybridized carbons (Fsp3) is 1.00. The van der Waals surface area contributed by atoms with E-state index in [2.05, 4.69) is 9.56 Å². The third kappa shape index (κ3) is 11.0. The molecule has 0 aliphatic heterocycles. The smallest absolute Gasteiger partial charge is 1.00 e. The topological polar surface area (TPSA) is 116 Å². The van der Waals surface area contributed by atoms with Crippen molar-refractivity contribution >= 4 is 7.82 Å². The van der Waals surface area contributed by atoms with Crippen molar-refractivity contribution in [2.24, 2.45) is 0 Å². The van der Waals surface area contributed by atoms with Crippen LogP contribution in [0, 0.1) is 0 Å². The first-order valence-corrected chi connectivity index (χ1v) is 4.14. The van der Waals surface area contributed by atoms with E-state index in [0.29, 0.717) is 0 Å². The van der Waals surface area contributed by atoms with Crippen molar-refractivity contribution in [3.05, 3.63) is 0 Å². The van der Waals surface area contributed by atoms with Crippen LogP contribution in [0.1, 0.15) is 1.43 Å². The predicted molar refractivity (Wildman–Crippen MR) is 33.3 cm³/mol. The molecule has 0 heterocycles. The van der Waals surface area contributed by atoms with Gasteiger partial charge >= 0.3 is 37.4 Å². The quantitative estimate of drug-likeness (QED) is 0.157. The molecule has 0 bridgehead atoms. The van der Waals surface area contributed by atoms with Crippen LogP contribution in [0.5, 0.6) is 0 Å². The normalized spacial score (nSPS) is 13.7. The molecule has 1 atom stereocenters. The Morgan fingerprint density at radius 3 is 2.33 bits per heavy atom. The minimum atomic E-state index is -4.65. The van der Waals surface area contributed by atoms with Gasteiger partial charge < -0.3 is 21.4 Å². The van der Waals surface area contributed by atoms with Gasteiger partial charge in [-0.15, -0.1) is 4.67 Å². The maximum Gasteiger partial charge on any atom is 1.00 e. The van der Waals surface area contributed by atoms with Gasteiger partial charge in [0, 0.05) is 0 Å². The van der Waals surface area contributed by atoms with Crippen LogP contribution in [0.2, 0.25) is 0 Å². The minimum Gasteiger partial charge on any atom is -1.00 e. The molecule has 0 spiro atoms. The van der Waals surface area contributed by atoms with E-state index in [1.165, 1.54) is 0 Å². The van der Waals surface area contributed by atoms with Crippen LogP contribution in [0.4, 0.5) is 0 Å². The SMILES string of the molecule is O=P(O)(O)OOCC(O)CO.[H-].[Na+]. The summed E-state index contributed by atoms with van der Waals surface area (Å²) in [4.78, 5) is 19.9. The Kier molecular flexibility index (Phi) is 9.53. The zero-order valence-corrected chi connectivity index (χ0v) is 9.35. The van der Waals surface area contributed by atoms with E-state index in [4.69, 9.17) is 20.0 Å². The molecule has 0 radical (unpaired) electrons. The van der Waals surface area contributed by atoms with Crippen LogP contribution in [0.15, 0.2) is 0 Å². The van der Waals surface area contributed by atoms with Crippen LogP contribution in [-0.2, 0) is 14.1 Å². The van der Waals surface area contributed by atoms with Crippen LogP contribution < -0.4 is 29.6 Å². The summed E-state index contributed by atoms with van der Waals surface area (Å²) in [6.45, 7) is -1.06. The summed E-state index contributed by atoms with van der Waals surface area (Å²) in [5, 5.41) is 16.7. The third-order valence-electron chi connectivity index (χ3n) is 0.621. The standard InChI is InChI=1S/C3H9O7P.Na.H/c4-1-3(5)2-9-10-11(6,7)8;;/h3-5H,1-2H2,(H2,6,7,8);;/q;+1;-1. The molecule has 0 amide bonds. The summed E-state index contributed by atoms with van der Waals surface area (Å²) in [5.41, 5.74) is 0. The molecule has 0 aromatic heterocycles. The van der Waals surface area contributed by atoms with E-state index in [0.717, 1.165) is 0 Å². The van der Waals surface area contributed by atoms with Crippen LogP contribution >= 0.6 is 7.82 Å².